The minimum absolute atomic E-state index is 0.173. The monoisotopic (exact) mass is 268 g/mol. The molecule has 4 heteroatoms. The molecule has 1 atom stereocenters. The van der Waals surface area contributed by atoms with Crippen LogP contribution in [0.2, 0.25) is 0 Å². The summed E-state index contributed by atoms with van der Waals surface area (Å²) in [5, 5.41) is -0.173. The third-order valence-corrected chi connectivity index (χ3v) is 3.22. The summed E-state index contributed by atoms with van der Waals surface area (Å²) < 4.78 is 15.3. The Bertz CT molecular complexity index is 546. The van der Waals surface area contributed by atoms with Gasteiger partial charge in [-0.05, 0) is 31.4 Å². The molecule has 0 saturated heterocycles. The van der Waals surface area contributed by atoms with Gasteiger partial charge in [0.25, 0.3) is 0 Å². The molecule has 2 nitrogen and oxygen atoms in total. The largest absolute Gasteiger partial charge is 0.327 e. The van der Waals surface area contributed by atoms with Gasteiger partial charge in [-0.2, -0.15) is 0 Å². The van der Waals surface area contributed by atoms with Crippen molar-refractivity contribution in [2.75, 3.05) is 0 Å². The average molecular weight is 269 g/mol. The van der Waals surface area contributed by atoms with E-state index in [0.717, 1.165) is 24.3 Å². The fourth-order valence-electron chi connectivity index (χ4n) is 2.05. The average Bonchev–Trinajstić information content (AvgIpc) is 2.64. The molecule has 0 saturated carbocycles. The van der Waals surface area contributed by atoms with Crippen LogP contribution in [0.3, 0.4) is 0 Å². The standard InChI is InChI=1S/C14H18ClFN2/c1-9(2)6-7-18-13-5-4-11(16)8-12(13)17-14(18)10(3)15/h4-5,8-10H,6-7H2,1-3H3. The lowest BCUT2D eigenvalue weighted by Gasteiger charge is -2.11. The molecule has 1 aromatic heterocycles. The fourth-order valence-corrected chi connectivity index (χ4v) is 2.21. The van der Waals surface area contributed by atoms with E-state index < -0.39 is 0 Å². The van der Waals surface area contributed by atoms with E-state index in [1.165, 1.54) is 12.1 Å². The molecule has 0 N–H and O–H groups in total. The van der Waals surface area contributed by atoms with Crippen molar-refractivity contribution in [3.05, 3.63) is 29.8 Å². The molecule has 0 aliphatic heterocycles. The Morgan fingerprint density at radius 2 is 2.06 bits per heavy atom. The van der Waals surface area contributed by atoms with Gasteiger partial charge in [-0.1, -0.05) is 13.8 Å². The van der Waals surface area contributed by atoms with E-state index in [0.29, 0.717) is 11.4 Å². The van der Waals surface area contributed by atoms with Crippen LogP contribution >= 0.6 is 11.6 Å². The molecule has 0 spiro atoms. The van der Waals surface area contributed by atoms with Crippen molar-refractivity contribution in [2.24, 2.45) is 5.92 Å². The van der Waals surface area contributed by atoms with Crippen LogP contribution in [0.5, 0.6) is 0 Å². The van der Waals surface area contributed by atoms with Crippen molar-refractivity contribution < 1.29 is 4.39 Å². The molecule has 0 fully saturated rings. The van der Waals surface area contributed by atoms with Gasteiger partial charge < -0.3 is 4.57 Å². The molecule has 1 heterocycles. The summed E-state index contributed by atoms with van der Waals surface area (Å²) in [4.78, 5) is 4.44. The second-order valence-corrected chi connectivity index (χ2v) is 5.71. The zero-order valence-corrected chi connectivity index (χ0v) is 11.7. The number of halogens is 2. The first-order valence-electron chi connectivity index (χ1n) is 6.28. The van der Waals surface area contributed by atoms with Gasteiger partial charge in [0.15, 0.2) is 0 Å². The van der Waals surface area contributed by atoms with Crippen LogP contribution in [0.25, 0.3) is 11.0 Å². The van der Waals surface area contributed by atoms with Gasteiger partial charge >= 0.3 is 0 Å². The highest BCUT2D eigenvalue weighted by Crippen LogP contribution is 2.25. The van der Waals surface area contributed by atoms with E-state index in [9.17, 15) is 4.39 Å². The van der Waals surface area contributed by atoms with Crippen LogP contribution in [0.15, 0.2) is 18.2 Å². The minimum Gasteiger partial charge on any atom is -0.327 e. The van der Waals surface area contributed by atoms with Gasteiger partial charge in [0.1, 0.15) is 11.6 Å². The summed E-state index contributed by atoms with van der Waals surface area (Å²) in [6.45, 7) is 7.13. The molecule has 1 aromatic carbocycles. The number of nitrogens with zero attached hydrogens (tertiary/aromatic N) is 2. The minimum atomic E-state index is -0.259. The predicted octanol–water partition coefficient (Wildman–Crippen LogP) is 4.52. The Labute approximate surface area is 112 Å². The quantitative estimate of drug-likeness (QED) is 0.746. The van der Waals surface area contributed by atoms with E-state index in [-0.39, 0.29) is 11.2 Å². The number of aromatic nitrogens is 2. The molecule has 0 aliphatic carbocycles. The molecule has 0 aliphatic rings. The van der Waals surface area contributed by atoms with Gasteiger partial charge in [-0.3, -0.25) is 0 Å². The van der Waals surface area contributed by atoms with Gasteiger partial charge in [0, 0.05) is 12.6 Å². The van der Waals surface area contributed by atoms with Gasteiger partial charge in [-0.25, -0.2) is 9.37 Å². The van der Waals surface area contributed by atoms with Crippen molar-refractivity contribution >= 4 is 22.6 Å². The zero-order valence-electron chi connectivity index (χ0n) is 11.0. The second-order valence-electron chi connectivity index (χ2n) is 5.05. The predicted molar refractivity (Wildman–Crippen MR) is 73.4 cm³/mol. The van der Waals surface area contributed by atoms with Crippen LogP contribution in [-0.2, 0) is 6.54 Å². The summed E-state index contributed by atoms with van der Waals surface area (Å²) in [5.41, 5.74) is 1.64. The summed E-state index contributed by atoms with van der Waals surface area (Å²) in [5.74, 6) is 1.17. The van der Waals surface area contributed by atoms with Gasteiger partial charge in [-0.15, -0.1) is 11.6 Å². The Kier molecular flexibility index (Phi) is 3.91. The molecule has 2 rings (SSSR count). The van der Waals surface area contributed by atoms with Crippen molar-refractivity contribution in [2.45, 2.75) is 39.1 Å². The Hall–Kier alpha value is -1.09. The maximum absolute atomic E-state index is 13.2. The summed E-state index contributed by atoms with van der Waals surface area (Å²) in [6.07, 6.45) is 1.06. The molecule has 18 heavy (non-hydrogen) atoms. The molecular weight excluding hydrogens is 251 g/mol. The van der Waals surface area contributed by atoms with Crippen LogP contribution in [0, 0.1) is 11.7 Å². The van der Waals surface area contributed by atoms with Crippen LogP contribution in [-0.4, -0.2) is 9.55 Å². The molecular formula is C14H18ClFN2. The maximum Gasteiger partial charge on any atom is 0.127 e. The molecule has 0 bridgehead atoms. The molecule has 98 valence electrons. The third kappa shape index (κ3) is 2.66. The normalized spacial score (nSPS) is 13.4. The maximum atomic E-state index is 13.2. The highest BCUT2D eigenvalue weighted by molar-refractivity contribution is 6.20. The number of imidazole rings is 1. The van der Waals surface area contributed by atoms with Crippen LogP contribution in [0.1, 0.15) is 38.4 Å². The topological polar surface area (TPSA) is 17.8 Å². The smallest absolute Gasteiger partial charge is 0.127 e. The lowest BCUT2D eigenvalue weighted by Crippen LogP contribution is -2.06. The molecule has 0 radical (unpaired) electrons. The second kappa shape index (κ2) is 5.27. The molecule has 0 amide bonds. The first-order valence-corrected chi connectivity index (χ1v) is 6.72. The van der Waals surface area contributed by atoms with Crippen molar-refractivity contribution in [1.29, 1.82) is 0 Å². The van der Waals surface area contributed by atoms with E-state index in [1.807, 2.05) is 6.92 Å². The first-order chi connectivity index (χ1) is 8.49. The number of fused-ring (bicyclic) bond motifs is 1. The van der Waals surface area contributed by atoms with Crippen molar-refractivity contribution in [1.82, 2.24) is 9.55 Å². The number of rotatable bonds is 4. The Morgan fingerprint density at radius 1 is 1.33 bits per heavy atom. The lowest BCUT2D eigenvalue weighted by atomic mass is 10.1. The summed E-state index contributed by atoms with van der Waals surface area (Å²) in [7, 11) is 0. The number of alkyl halides is 1. The summed E-state index contributed by atoms with van der Waals surface area (Å²) >= 11 is 6.16. The fraction of sp³-hybridized carbons (Fsp3) is 0.500. The highest BCUT2D eigenvalue weighted by atomic mass is 35.5. The first kappa shape index (κ1) is 13.3. The molecule has 2 aromatic rings. The lowest BCUT2D eigenvalue weighted by molar-refractivity contribution is 0.512. The van der Waals surface area contributed by atoms with Crippen LogP contribution in [0.4, 0.5) is 4.39 Å². The third-order valence-electron chi connectivity index (χ3n) is 3.03. The number of aryl methyl sites for hydroxylation is 1. The Balaban J connectivity index is 2.48. The molecule has 1 unspecified atom stereocenters. The summed E-state index contributed by atoms with van der Waals surface area (Å²) in [6, 6.07) is 4.71. The van der Waals surface area contributed by atoms with E-state index in [1.54, 1.807) is 6.07 Å². The van der Waals surface area contributed by atoms with Crippen LogP contribution < -0.4 is 0 Å². The number of benzene rings is 1. The van der Waals surface area contributed by atoms with Gasteiger partial charge in [0.05, 0.1) is 16.4 Å². The number of hydrogen-bond acceptors (Lipinski definition) is 1. The zero-order chi connectivity index (χ0) is 13.3. The van der Waals surface area contributed by atoms with Crippen molar-refractivity contribution in [3.8, 4) is 0 Å². The van der Waals surface area contributed by atoms with E-state index >= 15 is 0 Å². The Morgan fingerprint density at radius 3 is 2.67 bits per heavy atom. The van der Waals surface area contributed by atoms with Crippen molar-refractivity contribution in [3.63, 3.8) is 0 Å². The SMILES string of the molecule is CC(C)CCn1c(C(C)Cl)nc2cc(F)ccc21. The van der Waals surface area contributed by atoms with E-state index in [2.05, 4.69) is 23.4 Å². The van der Waals surface area contributed by atoms with Gasteiger partial charge in [0.2, 0.25) is 0 Å². The highest BCUT2D eigenvalue weighted by Gasteiger charge is 2.15. The number of hydrogen-bond donors (Lipinski definition) is 0. The van der Waals surface area contributed by atoms with E-state index in [4.69, 9.17) is 11.6 Å².